The van der Waals surface area contributed by atoms with E-state index < -0.39 is 5.91 Å². The first-order valence-corrected chi connectivity index (χ1v) is 5.00. The van der Waals surface area contributed by atoms with Gasteiger partial charge in [-0.15, -0.1) is 0 Å². The van der Waals surface area contributed by atoms with E-state index in [1.54, 1.807) is 0 Å². The monoisotopic (exact) mass is 222 g/mol. The number of amides is 1. The fourth-order valence-corrected chi connectivity index (χ4v) is 1.30. The Morgan fingerprint density at radius 2 is 2.38 bits per heavy atom. The van der Waals surface area contributed by atoms with Crippen LogP contribution in [0.1, 0.15) is 43.2 Å². The van der Waals surface area contributed by atoms with Crippen LogP contribution in [0.5, 0.6) is 0 Å². The van der Waals surface area contributed by atoms with E-state index in [0.717, 1.165) is 6.42 Å². The molecule has 6 nitrogen and oxygen atoms in total. The molecule has 0 aromatic carbocycles. The van der Waals surface area contributed by atoms with Crippen molar-refractivity contribution in [2.24, 2.45) is 11.1 Å². The Morgan fingerprint density at radius 3 is 2.81 bits per heavy atom. The lowest BCUT2D eigenvalue weighted by Gasteiger charge is -2.22. The third kappa shape index (κ3) is 2.79. The number of rotatable bonds is 5. The van der Waals surface area contributed by atoms with Crippen molar-refractivity contribution in [3.63, 3.8) is 0 Å². The van der Waals surface area contributed by atoms with E-state index in [1.807, 2.05) is 13.8 Å². The zero-order valence-corrected chi connectivity index (χ0v) is 9.36. The molecule has 0 aliphatic carbocycles. The lowest BCUT2D eigenvalue weighted by atomic mass is 9.81. The maximum Gasteiger partial charge on any atom is 0.290 e. The van der Waals surface area contributed by atoms with Crippen molar-refractivity contribution in [3.05, 3.63) is 11.7 Å². The SMILES string of the molecule is CCC(C)(CC#N)Cc1nc(C(N)=O)no1. The standard InChI is InChI=1S/C10H14N4O2/c1-3-10(2,4-5-11)6-7-13-9(8(12)15)14-16-7/h3-4,6H2,1-2H3,(H2,12,15). The van der Waals surface area contributed by atoms with Crippen molar-refractivity contribution in [3.8, 4) is 6.07 Å². The fourth-order valence-electron chi connectivity index (χ4n) is 1.30. The van der Waals surface area contributed by atoms with Gasteiger partial charge >= 0.3 is 0 Å². The summed E-state index contributed by atoms with van der Waals surface area (Å²) in [7, 11) is 0. The molecule has 1 aromatic heterocycles. The van der Waals surface area contributed by atoms with Gasteiger partial charge in [0.2, 0.25) is 5.89 Å². The summed E-state index contributed by atoms with van der Waals surface area (Å²) in [6.07, 6.45) is 1.68. The summed E-state index contributed by atoms with van der Waals surface area (Å²) in [4.78, 5) is 14.6. The molecule has 2 N–H and O–H groups in total. The molecule has 6 heteroatoms. The smallest absolute Gasteiger partial charge is 0.290 e. The van der Waals surface area contributed by atoms with E-state index in [1.165, 1.54) is 0 Å². The zero-order valence-electron chi connectivity index (χ0n) is 9.36. The van der Waals surface area contributed by atoms with Crippen LogP contribution in [0.15, 0.2) is 4.52 Å². The van der Waals surface area contributed by atoms with Gasteiger partial charge in [-0.2, -0.15) is 10.2 Å². The predicted octanol–water partition coefficient (Wildman–Crippen LogP) is 1.04. The van der Waals surface area contributed by atoms with Crippen LogP contribution in [0.2, 0.25) is 0 Å². The van der Waals surface area contributed by atoms with Crippen molar-refractivity contribution in [2.75, 3.05) is 0 Å². The molecule has 1 rings (SSSR count). The lowest BCUT2D eigenvalue weighted by Crippen LogP contribution is -2.18. The summed E-state index contributed by atoms with van der Waals surface area (Å²) in [5, 5.41) is 12.2. The van der Waals surface area contributed by atoms with Crippen LogP contribution >= 0.6 is 0 Å². The van der Waals surface area contributed by atoms with Gasteiger partial charge < -0.3 is 10.3 Å². The molecule has 0 bridgehead atoms. The zero-order chi connectivity index (χ0) is 12.2. The highest BCUT2D eigenvalue weighted by Gasteiger charge is 2.26. The number of primary amides is 1. The molecular formula is C10H14N4O2. The molecular weight excluding hydrogens is 208 g/mol. The molecule has 0 aliphatic heterocycles. The molecule has 1 heterocycles. The molecule has 1 atom stereocenters. The molecule has 1 unspecified atom stereocenters. The van der Waals surface area contributed by atoms with Crippen molar-refractivity contribution in [1.82, 2.24) is 10.1 Å². The third-order valence-corrected chi connectivity index (χ3v) is 2.63. The van der Waals surface area contributed by atoms with E-state index in [2.05, 4.69) is 16.2 Å². The van der Waals surface area contributed by atoms with E-state index in [9.17, 15) is 4.79 Å². The lowest BCUT2D eigenvalue weighted by molar-refractivity contribution is 0.0987. The number of nitrogens with two attached hydrogens (primary N) is 1. The molecule has 0 saturated carbocycles. The first kappa shape index (κ1) is 12.2. The topological polar surface area (TPSA) is 106 Å². The molecule has 16 heavy (non-hydrogen) atoms. The number of aromatic nitrogens is 2. The maximum atomic E-state index is 10.8. The minimum Gasteiger partial charge on any atom is -0.363 e. The summed E-state index contributed by atoms with van der Waals surface area (Å²) in [6, 6.07) is 2.13. The van der Waals surface area contributed by atoms with Gasteiger partial charge in [-0.25, -0.2) is 0 Å². The molecule has 0 spiro atoms. The molecule has 0 saturated heterocycles. The van der Waals surface area contributed by atoms with Crippen LogP contribution in [-0.2, 0) is 6.42 Å². The minimum absolute atomic E-state index is 0.120. The second-order valence-corrected chi connectivity index (χ2v) is 4.05. The summed E-state index contributed by atoms with van der Waals surface area (Å²) >= 11 is 0. The Kier molecular flexibility index (Phi) is 3.61. The first-order chi connectivity index (χ1) is 7.50. The van der Waals surface area contributed by atoms with Gasteiger partial charge in [0.15, 0.2) is 0 Å². The van der Waals surface area contributed by atoms with Crippen molar-refractivity contribution < 1.29 is 9.32 Å². The van der Waals surface area contributed by atoms with Crippen molar-refractivity contribution in [2.45, 2.75) is 33.1 Å². The summed E-state index contributed by atoms with van der Waals surface area (Å²) in [5.74, 6) is -0.493. The molecule has 0 aliphatic rings. The minimum atomic E-state index is -0.714. The first-order valence-electron chi connectivity index (χ1n) is 5.00. The molecule has 1 amide bonds. The molecule has 0 radical (unpaired) electrons. The predicted molar refractivity (Wildman–Crippen MR) is 55.1 cm³/mol. The Balaban J connectivity index is 2.79. The van der Waals surface area contributed by atoms with Gasteiger partial charge in [-0.05, 0) is 11.8 Å². The summed E-state index contributed by atoms with van der Waals surface area (Å²) in [6.45, 7) is 3.95. The molecule has 86 valence electrons. The fraction of sp³-hybridized carbons (Fsp3) is 0.600. The summed E-state index contributed by atoms with van der Waals surface area (Å²) < 4.78 is 4.90. The average molecular weight is 222 g/mol. The Bertz CT molecular complexity index is 421. The number of nitrogens with zero attached hydrogens (tertiary/aromatic N) is 3. The maximum absolute atomic E-state index is 10.8. The highest BCUT2D eigenvalue weighted by Crippen LogP contribution is 2.29. The third-order valence-electron chi connectivity index (χ3n) is 2.63. The van der Waals surface area contributed by atoms with Crippen molar-refractivity contribution >= 4 is 5.91 Å². The van der Waals surface area contributed by atoms with Crippen molar-refractivity contribution in [1.29, 1.82) is 5.26 Å². The Hall–Kier alpha value is -1.90. The number of carbonyl (C=O) groups is 1. The van der Waals surface area contributed by atoms with Crippen LogP contribution in [0.3, 0.4) is 0 Å². The Labute approximate surface area is 93.4 Å². The van der Waals surface area contributed by atoms with E-state index in [-0.39, 0.29) is 11.2 Å². The van der Waals surface area contributed by atoms with E-state index >= 15 is 0 Å². The van der Waals surface area contributed by atoms with Gasteiger partial charge in [0.05, 0.1) is 6.07 Å². The quantitative estimate of drug-likeness (QED) is 0.801. The highest BCUT2D eigenvalue weighted by atomic mass is 16.5. The number of carbonyl (C=O) groups excluding carboxylic acids is 1. The van der Waals surface area contributed by atoms with Gasteiger partial charge in [-0.3, -0.25) is 4.79 Å². The highest BCUT2D eigenvalue weighted by molar-refractivity contribution is 5.88. The van der Waals surface area contributed by atoms with Crippen LogP contribution in [0, 0.1) is 16.7 Å². The second kappa shape index (κ2) is 4.75. The Morgan fingerprint density at radius 1 is 1.69 bits per heavy atom. The number of nitriles is 1. The van der Waals surface area contributed by atoms with Crippen LogP contribution in [-0.4, -0.2) is 16.0 Å². The average Bonchev–Trinajstić information content (AvgIpc) is 2.66. The molecule has 0 fully saturated rings. The normalized spacial score (nSPS) is 14.1. The second-order valence-electron chi connectivity index (χ2n) is 4.05. The molecule has 1 aromatic rings. The van der Waals surface area contributed by atoms with Crippen LogP contribution in [0.25, 0.3) is 0 Å². The van der Waals surface area contributed by atoms with Gasteiger partial charge in [0.1, 0.15) is 0 Å². The van der Waals surface area contributed by atoms with Gasteiger partial charge in [-0.1, -0.05) is 19.0 Å². The largest absolute Gasteiger partial charge is 0.363 e. The summed E-state index contributed by atoms with van der Waals surface area (Å²) in [5.41, 5.74) is 4.79. The van der Waals surface area contributed by atoms with Gasteiger partial charge in [0.25, 0.3) is 11.7 Å². The van der Waals surface area contributed by atoms with Crippen LogP contribution in [0.4, 0.5) is 0 Å². The van der Waals surface area contributed by atoms with E-state index in [4.69, 9.17) is 15.5 Å². The van der Waals surface area contributed by atoms with Gasteiger partial charge in [0, 0.05) is 12.8 Å². The van der Waals surface area contributed by atoms with Crippen LogP contribution < -0.4 is 5.73 Å². The van der Waals surface area contributed by atoms with E-state index in [0.29, 0.717) is 18.7 Å². The number of hydrogen-bond acceptors (Lipinski definition) is 5. The number of hydrogen-bond donors (Lipinski definition) is 1.